The number of nitrogens with zero attached hydrogens (tertiary/aromatic N) is 3. The zero-order valence-corrected chi connectivity index (χ0v) is 11.5. The molecule has 2 aromatic rings. The summed E-state index contributed by atoms with van der Waals surface area (Å²) >= 11 is 0. The molecule has 0 unspecified atom stereocenters. The van der Waals surface area contributed by atoms with E-state index >= 15 is 0 Å². The topological polar surface area (TPSA) is 64.7 Å². The van der Waals surface area contributed by atoms with Gasteiger partial charge in [0, 0.05) is 29.9 Å². The lowest BCUT2D eigenvalue weighted by atomic mass is 10.1. The Kier molecular flexibility index (Phi) is 4.58. The molecule has 3 rings (SSSR count). The van der Waals surface area contributed by atoms with E-state index in [0.717, 1.165) is 17.0 Å². The van der Waals surface area contributed by atoms with Crippen LogP contribution in [0.25, 0.3) is 11.3 Å². The third kappa shape index (κ3) is 3.35. The smallest absolute Gasteiger partial charge is 0.116 e. The maximum Gasteiger partial charge on any atom is 0.116 e. The first kappa shape index (κ1) is 13.6. The summed E-state index contributed by atoms with van der Waals surface area (Å²) in [6.45, 7) is 4.43. The second kappa shape index (κ2) is 6.38. The van der Waals surface area contributed by atoms with Gasteiger partial charge in [-0.15, -0.1) is 0 Å². The normalized spacial score (nSPS) is 13.6. The Labute approximate surface area is 114 Å². The Morgan fingerprint density at radius 2 is 1.95 bits per heavy atom. The van der Waals surface area contributed by atoms with Gasteiger partial charge in [-0.2, -0.15) is 0 Å². The van der Waals surface area contributed by atoms with Crippen LogP contribution in [0.4, 0.5) is 0 Å². The van der Waals surface area contributed by atoms with Crippen LogP contribution in [0, 0.1) is 0 Å². The standard InChI is InChI=1S/C13H14N4.C2H6/c14-6-11-5-13(17-8-16-11)10-3-4-12(15-7-10)9-1-2-9;1-2/h3-5,7-9H,1-2,6,14H2;1-2H3. The highest BCUT2D eigenvalue weighted by Crippen LogP contribution is 2.39. The fourth-order valence-corrected chi connectivity index (χ4v) is 1.84. The van der Waals surface area contributed by atoms with E-state index < -0.39 is 0 Å². The van der Waals surface area contributed by atoms with Crippen LogP contribution >= 0.6 is 0 Å². The van der Waals surface area contributed by atoms with Crippen molar-refractivity contribution in [2.45, 2.75) is 39.2 Å². The van der Waals surface area contributed by atoms with Crippen molar-refractivity contribution in [1.82, 2.24) is 15.0 Å². The van der Waals surface area contributed by atoms with Gasteiger partial charge in [-0.1, -0.05) is 13.8 Å². The Morgan fingerprint density at radius 1 is 1.16 bits per heavy atom. The average Bonchev–Trinajstić information content (AvgIpc) is 3.34. The predicted octanol–water partition coefficient (Wildman–Crippen LogP) is 2.90. The molecule has 100 valence electrons. The van der Waals surface area contributed by atoms with Crippen LogP contribution in [-0.2, 0) is 6.54 Å². The quantitative estimate of drug-likeness (QED) is 0.917. The predicted molar refractivity (Wildman–Crippen MR) is 76.5 cm³/mol. The van der Waals surface area contributed by atoms with Gasteiger partial charge < -0.3 is 5.73 Å². The Hall–Kier alpha value is -1.81. The molecule has 4 nitrogen and oxygen atoms in total. The minimum absolute atomic E-state index is 0.434. The van der Waals surface area contributed by atoms with Gasteiger partial charge in [0.25, 0.3) is 0 Å². The SMILES string of the molecule is CC.NCc1cc(-c2ccc(C3CC3)nc2)ncn1. The third-order valence-corrected chi connectivity index (χ3v) is 3.01. The van der Waals surface area contributed by atoms with Crippen molar-refractivity contribution in [2.24, 2.45) is 5.73 Å². The van der Waals surface area contributed by atoms with Crippen molar-refractivity contribution in [3.05, 3.63) is 42.1 Å². The number of pyridine rings is 1. The van der Waals surface area contributed by atoms with E-state index in [9.17, 15) is 0 Å². The van der Waals surface area contributed by atoms with Crippen molar-refractivity contribution in [3.63, 3.8) is 0 Å². The summed E-state index contributed by atoms with van der Waals surface area (Å²) in [6.07, 6.45) is 5.98. The molecule has 0 aliphatic heterocycles. The molecule has 4 heteroatoms. The summed E-state index contributed by atoms with van der Waals surface area (Å²) in [6, 6.07) is 6.08. The number of aromatic nitrogens is 3. The first-order valence-electron chi connectivity index (χ1n) is 6.84. The largest absolute Gasteiger partial charge is 0.325 e. The summed E-state index contributed by atoms with van der Waals surface area (Å²) in [5, 5.41) is 0. The molecule has 1 aliphatic carbocycles. The molecule has 0 atom stereocenters. The van der Waals surface area contributed by atoms with E-state index in [4.69, 9.17) is 5.73 Å². The molecule has 0 saturated heterocycles. The van der Waals surface area contributed by atoms with Gasteiger partial charge in [-0.25, -0.2) is 9.97 Å². The third-order valence-electron chi connectivity index (χ3n) is 3.01. The van der Waals surface area contributed by atoms with Gasteiger partial charge in [0.2, 0.25) is 0 Å². The van der Waals surface area contributed by atoms with E-state index in [0.29, 0.717) is 12.5 Å². The Balaban J connectivity index is 0.000000637. The summed E-state index contributed by atoms with van der Waals surface area (Å²) in [5.74, 6) is 0.689. The average molecular weight is 256 g/mol. The molecule has 19 heavy (non-hydrogen) atoms. The van der Waals surface area contributed by atoms with Crippen molar-refractivity contribution in [1.29, 1.82) is 0 Å². The second-order valence-corrected chi connectivity index (χ2v) is 4.34. The van der Waals surface area contributed by atoms with Crippen LogP contribution in [0.3, 0.4) is 0 Å². The first-order chi connectivity index (χ1) is 9.36. The first-order valence-corrected chi connectivity index (χ1v) is 6.84. The van der Waals surface area contributed by atoms with Gasteiger partial charge >= 0.3 is 0 Å². The highest BCUT2D eigenvalue weighted by Gasteiger charge is 2.24. The molecule has 1 aliphatic rings. The molecule has 0 radical (unpaired) electrons. The van der Waals surface area contributed by atoms with Crippen LogP contribution in [0.2, 0.25) is 0 Å². The second-order valence-electron chi connectivity index (χ2n) is 4.34. The van der Waals surface area contributed by atoms with Crippen molar-refractivity contribution in [2.75, 3.05) is 0 Å². The van der Waals surface area contributed by atoms with Crippen molar-refractivity contribution >= 4 is 0 Å². The van der Waals surface area contributed by atoms with Crippen LogP contribution in [-0.4, -0.2) is 15.0 Å². The maximum absolute atomic E-state index is 5.56. The fraction of sp³-hybridized carbons (Fsp3) is 0.400. The van der Waals surface area contributed by atoms with E-state index in [1.54, 1.807) is 6.33 Å². The lowest BCUT2D eigenvalue weighted by molar-refractivity contribution is 0.964. The van der Waals surface area contributed by atoms with E-state index in [1.807, 2.05) is 26.1 Å². The number of nitrogens with two attached hydrogens (primary N) is 1. The summed E-state index contributed by atoms with van der Waals surface area (Å²) in [7, 11) is 0. The molecular weight excluding hydrogens is 236 g/mol. The van der Waals surface area contributed by atoms with E-state index in [2.05, 4.69) is 27.1 Å². The molecule has 1 fully saturated rings. The maximum atomic E-state index is 5.56. The summed E-state index contributed by atoms with van der Waals surface area (Å²) in [5.41, 5.74) is 9.51. The number of hydrogen-bond acceptors (Lipinski definition) is 4. The minimum Gasteiger partial charge on any atom is -0.325 e. The number of rotatable bonds is 3. The molecule has 1 saturated carbocycles. The highest BCUT2D eigenvalue weighted by atomic mass is 14.9. The summed E-state index contributed by atoms with van der Waals surface area (Å²) < 4.78 is 0. The van der Waals surface area contributed by atoms with E-state index in [1.165, 1.54) is 18.5 Å². The Morgan fingerprint density at radius 3 is 2.53 bits per heavy atom. The zero-order valence-electron chi connectivity index (χ0n) is 11.5. The van der Waals surface area contributed by atoms with Crippen LogP contribution < -0.4 is 5.73 Å². The van der Waals surface area contributed by atoms with Gasteiger partial charge in [-0.05, 0) is 31.0 Å². The van der Waals surface area contributed by atoms with Crippen molar-refractivity contribution in [3.8, 4) is 11.3 Å². The zero-order chi connectivity index (χ0) is 13.7. The highest BCUT2D eigenvalue weighted by molar-refractivity contribution is 5.58. The van der Waals surface area contributed by atoms with Gasteiger partial charge in [0.15, 0.2) is 0 Å². The molecular formula is C15H20N4. The van der Waals surface area contributed by atoms with Crippen molar-refractivity contribution < 1.29 is 0 Å². The summed E-state index contributed by atoms with van der Waals surface area (Å²) in [4.78, 5) is 12.8. The molecule has 0 amide bonds. The Bertz CT molecular complexity index is 518. The van der Waals surface area contributed by atoms with Crippen LogP contribution in [0.5, 0.6) is 0 Å². The lowest BCUT2D eigenvalue weighted by Gasteiger charge is -2.03. The molecule has 2 aromatic heterocycles. The molecule has 2 heterocycles. The molecule has 0 spiro atoms. The number of hydrogen-bond donors (Lipinski definition) is 1. The lowest BCUT2D eigenvalue weighted by Crippen LogP contribution is -2.00. The van der Waals surface area contributed by atoms with Gasteiger partial charge in [-0.3, -0.25) is 4.98 Å². The van der Waals surface area contributed by atoms with E-state index in [-0.39, 0.29) is 0 Å². The molecule has 0 aromatic carbocycles. The van der Waals surface area contributed by atoms with Gasteiger partial charge in [0.05, 0.1) is 11.4 Å². The van der Waals surface area contributed by atoms with Crippen LogP contribution in [0.15, 0.2) is 30.7 Å². The van der Waals surface area contributed by atoms with Crippen LogP contribution in [0.1, 0.15) is 44.0 Å². The minimum atomic E-state index is 0.434. The monoisotopic (exact) mass is 256 g/mol. The molecule has 0 bridgehead atoms. The van der Waals surface area contributed by atoms with Gasteiger partial charge in [0.1, 0.15) is 6.33 Å². The fourth-order valence-electron chi connectivity index (χ4n) is 1.84. The molecule has 2 N–H and O–H groups in total.